The van der Waals surface area contributed by atoms with Gasteiger partial charge in [-0.05, 0) is 76.3 Å². The molecule has 2 heterocycles. The topological polar surface area (TPSA) is 163 Å². The summed E-state index contributed by atoms with van der Waals surface area (Å²) < 4.78 is 75.8. The van der Waals surface area contributed by atoms with Gasteiger partial charge in [0.1, 0.15) is 6.54 Å². The molecule has 0 aliphatic carbocycles. The van der Waals surface area contributed by atoms with Gasteiger partial charge in [-0.3, -0.25) is 9.35 Å². The average Bonchev–Trinajstić information content (AvgIpc) is 3.63. The molecule has 2 aromatic rings. The van der Waals surface area contributed by atoms with E-state index >= 15 is 0 Å². The van der Waals surface area contributed by atoms with Gasteiger partial charge >= 0.3 is 5.97 Å². The Bertz CT molecular complexity index is 2060. The lowest BCUT2D eigenvalue weighted by atomic mass is 9.76. The van der Waals surface area contributed by atoms with Crippen molar-refractivity contribution in [1.82, 2.24) is 0 Å². The van der Waals surface area contributed by atoms with Gasteiger partial charge in [0.15, 0.2) is 5.71 Å². The second-order valence-corrected chi connectivity index (χ2v) is 17.8. The number of carboxylic acids is 1. The van der Waals surface area contributed by atoms with Crippen LogP contribution in [0.2, 0.25) is 0 Å². The van der Waals surface area contributed by atoms with Crippen LogP contribution in [0.15, 0.2) is 89.5 Å². The Kier molecular flexibility index (Phi) is 22.0. The van der Waals surface area contributed by atoms with Crippen molar-refractivity contribution in [1.29, 1.82) is 0 Å². The molecule has 64 heavy (non-hydrogen) atoms. The summed E-state index contributed by atoms with van der Waals surface area (Å²) in [5.41, 5.74) is 6.32. The summed E-state index contributed by atoms with van der Waals surface area (Å²) >= 11 is 0. The predicted molar refractivity (Wildman–Crippen MR) is 249 cm³/mol. The molecule has 2 atom stereocenters. The molecule has 0 fully saturated rings. The molecular formula is C49H71N2O12S+. The lowest BCUT2D eigenvalue weighted by Crippen LogP contribution is -2.33. The first-order valence-electron chi connectivity index (χ1n) is 22.2. The summed E-state index contributed by atoms with van der Waals surface area (Å²) in [4.78, 5) is 13.4. The van der Waals surface area contributed by atoms with Gasteiger partial charge in [-0.25, -0.2) is 0 Å². The van der Waals surface area contributed by atoms with E-state index in [0.29, 0.717) is 105 Å². The predicted octanol–water partition coefficient (Wildman–Crippen LogP) is 7.36. The standard InChI is InChI=1S/C49H70N2O12S/c1-39-18-20-43-41(37-39)48(2,22-26-60-33-35-62-31-29-58-5)46(51(43)25-28-57-4)16-12-9-7-8-11-15-45-49(3,23-27-61-34-36-63-32-30-59-6)42-38-40(64(54,55)56)19-21-44(42)50(45)24-14-10-13-17-47(52)53/h7-9,11-12,15-16,18-21,37-38H,10,13-14,17,22-36H2,1-6H3,(H-,52,53,54,55,56)/p+1. The number of carbonyl (C=O) groups is 1. The minimum absolute atomic E-state index is 0.0985. The Labute approximate surface area is 380 Å². The molecule has 0 bridgehead atoms. The van der Waals surface area contributed by atoms with E-state index in [9.17, 15) is 22.9 Å². The van der Waals surface area contributed by atoms with Gasteiger partial charge in [0.05, 0.1) is 69.8 Å². The largest absolute Gasteiger partial charge is 0.481 e. The Balaban J connectivity index is 1.61. The second kappa shape index (κ2) is 26.8. The smallest absolute Gasteiger partial charge is 0.303 e. The molecule has 4 rings (SSSR count). The maximum atomic E-state index is 12.4. The normalized spacial score (nSPS) is 19.4. The van der Waals surface area contributed by atoms with Crippen LogP contribution in [0.1, 0.15) is 69.1 Å². The van der Waals surface area contributed by atoms with E-state index in [-0.39, 0.29) is 16.7 Å². The highest BCUT2D eigenvalue weighted by molar-refractivity contribution is 7.85. The monoisotopic (exact) mass is 911 g/mol. The number of allylic oxidation sites excluding steroid dienone is 8. The van der Waals surface area contributed by atoms with E-state index in [1.165, 1.54) is 22.9 Å². The molecule has 2 aromatic carbocycles. The summed E-state index contributed by atoms with van der Waals surface area (Å²) in [6.07, 6.45) is 17.6. The summed E-state index contributed by atoms with van der Waals surface area (Å²) in [7, 11) is 0.522. The number of hydrogen-bond donors (Lipinski definition) is 2. The van der Waals surface area contributed by atoms with Crippen molar-refractivity contribution in [2.75, 3.05) is 112 Å². The van der Waals surface area contributed by atoms with E-state index in [1.54, 1.807) is 33.5 Å². The van der Waals surface area contributed by atoms with E-state index in [2.05, 4.69) is 60.6 Å². The number of hydrogen-bond acceptors (Lipinski definition) is 11. The molecule has 0 aromatic heterocycles. The van der Waals surface area contributed by atoms with E-state index in [4.69, 9.17) is 33.2 Å². The third-order valence-electron chi connectivity index (χ3n) is 11.7. The molecule has 0 spiro atoms. The number of benzene rings is 2. The summed E-state index contributed by atoms with van der Waals surface area (Å²) in [5, 5.41) is 9.20. The number of rotatable bonds is 32. The van der Waals surface area contributed by atoms with Crippen molar-refractivity contribution in [3.05, 3.63) is 101 Å². The fourth-order valence-electron chi connectivity index (χ4n) is 8.24. The van der Waals surface area contributed by atoms with Crippen LogP contribution in [0.3, 0.4) is 0 Å². The first kappa shape index (κ1) is 52.6. The van der Waals surface area contributed by atoms with Crippen LogP contribution in [-0.2, 0) is 58.9 Å². The number of aryl methyl sites for hydroxylation is 1. The lowest BCUT2D eigenvalue weighted by Gasteiger charge is -2.30. The molecule has 0 saturated heterocycles. The van der Waals surface area contributed by atoms with Gasteiger partial charge in [-0.1, -0.05) is 48.1 Å². The Morgan fingerprint density at radius 2 is 1.30 bits per heavy atom. The van der Waals surface area contributed by atoms with Crippen molar-refractivity contribution < 1.29 is 60.6 Å². The van der Waals surface area contributed by atoms with Gasteiger partial charge in [-0.2, -0.15) is 13.0 Å². The first-order valence-corrected chi connectivity index (χ1v) is 23.6. The summed E-state index contributed by atoms with van der Waals surface area (Å²) in [6, 6.07) is 11.3. The third-order valence-corrected chi connectivity index (χ3v) is 12.6. The van der Waals surface area contributed by atoms with Gasteiger partial charge in [0.25, 0.3) is 10.1 Å². The molecule has 15 heteroatoms. The van der Waals surface area contributed by atoms with Crippen molar-refractivity contribution in [3.63, 3.8) is 0 Å². The number of carboxylic acid groups (broad SMARTS) is 1. The van der Waals surface area contributed by atoms with Crippen LogP contribution in [0.5, 0.6) is 0 Å². The molecular weight excluding hydrogens is 841 g/mol. The van der Waals surface area contributed by atoms with Crippen molar-refractivity contribution in [3.8, 4) is 0 Å². The van der Waals surface area contributed by atoms with Crippen LogP contribution >= 0.6 is 0 Å². The molecule has 2 unspecified atom stereocenters. The molecule has 0 radical (unpaired) electrons. The highest BCUT2D eigenvalue weighted by atomic mass is 32.2. The van der Waals surface area contributed by atoms with Gasteiger partial charge in [-0.15, -0.1) is 0 Å². The van der Waals surface area contributed by atoms with E-state index in [0.717, 1.165) is 35.5 Å². The number of fused-ring (bicyclic) bond motifs is 2. The zero-order valence-electron chi connectivity index (χ0n) is 38.7. The quantitative estimate of drug-likeness (QED) is 0.0325. The zero-order valence-corrected chi connectivity index (χ0v) is 39.5. The number of nitrogens with zero attached hydrogens (tertiary/aromatic N) is 2. The maximum Gasteiger partial charge on any atom is 0.303 e. The zero-order chi connectivity index (χ0) is 46.4. The number of unbranched alkanes of at least 4 members (excludes halogenated alkanes) is 2. The number of anilines is 1. The minimum Gasteiger partial charge on any atom is -0.481 e. The minimum atomic E-state index is -4.47. The fourth-order valence-corrected chi connectivity index (χ4v) is 8.75. The molecule has 2 N–H and O–H groups in total. The number of ether oxygens (including phenoxy) is 7. The Hall–Kier alpha value is -4.03. The maximum absolute atomic E-state index is 12.4. The van der Waals surface area contributed by atoms with Crippen LogP contribution in [0, 0.1) is 6.92 Å². The van der Waals surface area contributed by atoms with E-state index < -0.39 is 21.5 Å². The molecule has 2 aliphatic heterocycles. The van der Waals surface area contributed by atoms with Gasteiger partial charge < -0.3 is 43.2 Å². The first-order chi connectivity index (χ1) is 30.8. The van der Waals surface area contributed by atoms with Gasteiger partial charge in [0.2, 0.25) is 5.69 Å². The van der Waals surface area contributed by atoms with Crippen LogP contribution in [0.25, 0.3) is 0 Å². The van der Waals surface area contributed by atoms with Crippen molar-refractivity contribution in [2.24, 2.45) is 0 Å². The van der Waals surface area contributed by atoms with Crippen molar-refractivity contribution in [2.45, 2.75) is 75.0 Å². The fraction of sp³-hybridized carbons (Fsp3) is 0.551. The highest BCUT2D eigenvalue weighted by Gasteiger charge is 2.48. The Morgan fingerprint density at radius 1 is 0.703 bits per heavy atom. The van der Waals surface area contributed by atoms with Crippen molar-refractivity contribution >= 4 is 33.2 Å². The van der Waals surface area contributed by atoms with Crippen LogP contribution in [0.4, 0.5) is 11.4 Å². The SMILES string of the molecule is COCCOCCOCCC1(C)C(/C=C/C=C/C=C/C=C2/N(CCOC)c3ccc(C)cc3C2(C)CCOCCOCCOC)=[N+](CCCCCC(=O)O)c2ccc(S(=O)(=O)O)cc21. The molecule has 2 aliphatic rings. The van der Waals surface area contributed by atoms with Crippen LogP contribution < -0.4 is 4.90 Å². The summed E-state index contributed by atoms with van der Waals surface area (Å²) in [5.74, 6) is -0.824. The van der Waals surface area contributed by atoms with E-state index in [1.807, 2.05) is 30.4 Å². The second-order valence-electron chi connectivity index (χ2n) is 16.3. The highest BCUT2D eigenvalue weighted by Crippen LogP contribution is 2.50. The third kappa shape index (κ3) is 15.0. The lowest BCUT2D eigenvalue weighted by molar-refractivity contribution is -0.438. The molecule has 0 amide bonds. The average molecular weight is 912 g/mol. The molecule has 354 valence electrons. The molecule has 0 saturated carbocycles. The number of methoxy groups -OCH3 is 3. The van der Waals surface area contributed by atoms with Crippen LogP contribution in [-0.4, -0.2) is 141 Å². The van der Waals surface area contributed by atoms with Gasteiger partial charge in [0, 0.05) is 88.4 Å². The Morgan fingerprint density at radius 3 is 1.92 bits per heavy atom. The number of aliphatic carboxylic acids is 1. The summed E-state index contributed by atoms with van der Waals surface area (Å²) in [6.45, 7) is 13.1. The molecule has 14 nitrogen and oxygen atoms in total.